The molecule has 0 saturated heterocycles. The first-order valence-corrected chi connectivity index (χ1v) is 7.16. The van der Waals surface area contributed by atoms with Gasteiger partial charge in [-0.25, -0.2) is 9.97 Å². The van der Waals surface area contributed by atoms with E-state index in [-0.39, 0.29) is 0 Å². The third-order valence-corrected chi connectivity index (χ3v) is 4.75. The minimum atomic E-state index is 0.470. The SMILES string of the molecule is Cc1nc(-c2nccc3ccccc23)nc(Cl)c1I. The molecule has 0 spiro atoms. The number of rotatable bonds is 1. The van der Waals surface area contributed by atoms with Crippen molar-refractivity contribution in [3.63, 3.8) is 0 Å². The highest BCUT2D eigenvalue weighted by Gasteiger charge is 2.12. The number of aryl methyl sites for hydroxylation is 1. The number of fused-ring (bicyclic) bond motifs is 1. The molecule has 0 amide bonds. The van der Waals surface area contributed by atoms with Crippen molar-refractivity contribution in [1.82, 2.24) is 15.0 Å². The molecule has 0 atom stereocenters. The second kappa shape index (κ2) is 5.02. The van der Waals surface area contributed by atoms with Crippen molar-refractivity contribution >= 4 is 45.0 Å². The lowest BCUT2D eigenvalue weighted by atomic mass is 10.1. The van der Waals surface area contributed by atoms with Crippen molar-refractivity contribution in [3.8, 4) is 11.5 Å². The molecule has 3 rings (SSSR count). The highest BCUT2D eigenvalue weighted by atomic mass is 127. The largest absolute Gasteiger partial charge is 0.252 e. The van der Waals surface area contributed by atoms with Gasteiger partial charge in [0, 0.05) is 11.6 Å². The Kier molecular flexibility index (Phi) is 3.36. The van der Waals surface area contributed by atoms with Gasteiger partial charge in [0.2, 0.25) is 0 Å². The van der Waals surface area contributed by atoms with E-state index in [1.165, 1.54) is 0 Å². The molecule has 2 heterocycles. The van der Waals surface area contributed by atoms with Gasteiger partial charge in [0.25, 0.3) is 0 Å². The van der Waals surface area contributed by atoms with E-state index in [0.29, 0.717) is 11.0 Å². The number of aromatic nitrogens is 3. The molecular weight excluding hydrogens is 373 g/mol. The van der Waals surface area contributed by atoms with Crippen LogP contribution >= 0.6 is 34.2 Å². The molecule has 0 aliphatic carbocycles. The van der Waals surface area contributed by atoms with Crippen molar-refractivity contribution in [2.24, 2.45) is 0 Å². The van der Waals surface area contributed by atoms with Gasteiger partial charge in [0.15, 0.2) is 5.82 Å². The summed E-state index contributed by atoms with van der Waals surface area (Å²) in [6.07, 6.45) is 1.77. The summed E-state index contributed by atoms with van der Waals surface area (Å²) < 4.78 is 0.878. The number of benzene rings is 1. The van der Waals surface area contributed by atoms with Crippen LogP contribution in [-0.4, -0.2) is 15.0 Å². The molecule has 1 aromatic carbocycles. The Hall–Kier alpha value is -1.27. The van der Waals surface area contributed by atoms with Crippen LogP contribution in [0.5, 0.6) is 0 Å². The molecule has 0 unspecified atom stereocenters. The molecule has 3 nitrogen and oxygen atoms in total. The molecule has 0 aliphatic heterocycles. The third kappa shape index (κ3) is 2.30. The molecule has 0 N–H and O–H groups in total. The second-order valence-corrected chi connectivity index (χ2v) is 5.55. The van der Waals surface area contributed by atoms with E-state index in [1.807, 2.05) is 37.3 Å². The molecule has 0 radical (unpaired) electrons. The number of hydrogen-bond donors (Lipinski definition) is 0. The van der Waals surface area contributed by atoms with Gasteiger partial charge in [-0.2, -0.15) is 0 Å². The maximum atomic E-state index is 6.13. The minimum Gasteiger partial charge on any atom is -0.252 e. The quantitative estimate of drug-likeness (QED) is 0.467. The zero-order chi connectivity index (χ0) is 13.4. The summed E-state index contributed by atoms with van der Waals surface area (Å²) in [4.78, 5) is 13.2. The van der Waals surface area contributed by atoms with E-state index in [2.05, 4.69) is 37.5 Å². The van der Waals surface area contributed by atoms with E-state index >= 15 is 0 Å². The van der Waals surface area contributed by atoms with Gasteiger partial charge in [-0.05, 0) is 41.0 Å². The lowest BCUT2D eigenvalue weighted by Crippen LogP contribution is -1.98. The molecule has 19 heavy (non-hydrogen) atoms. The van der Waals surface area contributed by atoms with Crippen LogP contribution in [0, 0.1) is 10.5 Å². The van der Waals surface area contributed by atoms with Gasteiger partial charge in [-0.15, -0.1) is 0 Å². The summed E-state index contributed by atoms with van der Waals surface area (Å²) in [5.74, 6) is 0.569. The molecule has 5 heteroatoms. The van der Waals surface area contributed by atoms with Crippen LogP contribution in [-0.2, 0) is 0 Å². The topological polar surface area (TPSA) is 38.7 Å². The van der Waals surface area contributed by atoms with Crippen molar-refractivity contribution < 1.29 is 0 Å². The van der Waals surface area contributed by atoms with Crippen LogP contribution in [0.4, 0.5) is 0 Å². The molecular formula is C14H9ClIN3. The molecule has 3 aromatic rings. The molecule has 94 valence electrons. The first-order valence-electron chi connectivity index (χ1n) is 5.70. The first-order chi connectivity index (χ1) is 9.16. The minimum absolute atomic E-state index is 0.470. The summed E-state index contributed by atoms with van der Waals surface area (Å²) >= 11 is 8.28. The van der Waals surface area contributed by atoms with Gasteiger partial charge in [-0.1, -0.05) is 35.9 Å². The maximum absolute atomic E-state index is 6.13. The second-order valence-electron chi connectivity index (χ2n) is 4.12. The van der Waals surface area contributed by atoms with Gasteiger partial charge in [-0.3, -0.25) is 4.98 Å². The fraction of sp³-hybridized carbons (Fsp3) is 0.0714. The van der Waals surface area contributed by atoms with Crippen molar-refractivity contribution in [2.75, 3.05) is 0 Å². The lowest BCUT2D eigenvalue weighted by molar-refractivity contribution is 1.08. The Balaban J connectivity index is 2.31. The Morgan fingerprint density at radius 2 is 1.89 bits per heavy atom. The van der Waals surface area contributed by atoms with E-state index in [1.54, 1.807) is 6.20 Å². The smallest absolute Gasteiger partial charge is 0.180 e. The lowest BCUT2D eigenvalue weighted by Gasteiger charge is -2.07. The van der Waals surface area contributed by atoms with Crippen molar-refractivity contribution in [2.45, 2.75) is 6.92 Å². The first kappa shape index (κ1) is 12.7. The van der Waals surface area contributed by atoms with Crippen molar-refractivity contribution in [1.29, 1.82) is 0 Å². The number of hydrogen-bond acceptors (Lipinski definition) is 3. The zero-order valence-electron chi connectivity index (χ0n) is 10.1. The summed E-state index contributed by atoms with van der Waals surface area (Å²) in [7, 11) is 0. The van der Waals surface area contributed by atoms with Crippen LogP contribution in [0.1, 0.15) is 5.69 Å². The van der Waals surface area contributed by atoms with Crippen LogP contribution < -0.4 is 0 Å². The fourth-order valence-electron chi connectivity index (χ4n) is 1.93. The normalized spacial score (nSPS) is 10.9. The Morgan fingerprint density at radius 1 is 1.11 bits per heavy atom. The molecule has 0 bridgehead atoms. The van der Waals surface area contributed by atoms with Crippen LogP contribution in [0.3, 0.4) is 0 Å². The Labute approximate surface area is 129 Å². The average molecular weight is 382 g/mol. The Morgan fingerprint density at radius 3 is 2.68 bits per heavy atom. The predicted octanol–water partition coefficient (Wildman–Crippen LogP) is 4.26. The fourth-order valence-corrected chi connectivity index (χ4v) is 2.39. The van der Waals surface area contributed by atoms with Gasteiger partial charge in [0.05, 0.1) is 9.26 Å². The highest BCUT2D eigenvalue weighted by Crippen LogP contribution is 2.27. The number of nitrogens with zero attached hydrogens (tertiary/aromatic N) is 3. The average Bonchev–Trinajstić information content (AvgIpc) is 2.43. The number of pyridine rings is 1. The monoisotopic (exact) mass is 381 g/mol. The predicted molar refractivity (Wildman–Crippen MR) is 85.2 cm³/mol. The summed E-state index contributed by atoms with van der Waals surface area (Å²) in [5, 5.41) is 2.61. The molecule has 2 aromatic heterocycles. The van der Waals surface area contributed by atoms with Gasteiger partial charge >= 0.3 is 0 Å². The molecule has 0 saturated carbocycles. The highest BCUT2D eigenvalue weighted by molar-refractivity contribution is 14.1. The molecule has 0 fully saturated rings. The third-order valence-electron chi connectivity index (χ3n) is 2.86. The number of halogens is 2. The van der Waals surface area contributed by atoms with Crippen LogP contribution in [0.2, 0.25) is 5.15 Å². The van der Waals surface area contributed by atoms with Gasteiger partial charge < -0.3 is 0 Å². The van der Waals surface area contributed by atoms with Crippen LogP contribution in [0.25, 0.3) is 22.3 Å². The maximum Gasteiger partial charge on any atom is 0.180 e. The Bertz CT molecular complexity index is 745. The van der Waals surface area contributed by atoms with E-state index in [0.717, 1.165) is 25.7 Å². The molecule has 0 aliphatic rings. The summed E-state index contributed by atoms with van der Waals surface area (Å²) in [6.45, 7) is 1.92. The van der Waals surface area contributed by atoms with Crippen LogP contribution in [0.15, 0.2) is 36.5 Å². The summed E-state index contributed by atoms with van der Waals surface area (Å²) in [6, 6.07) is 10.0. The van der Waals surface area contributed by atoms with Crippen molar-refractivity contribution in [3.05, 3.63) is 50.9 Å². The van der Waals surface area contributed by atoms with E-state index in [9.17, 15) is 0 Å². The standard InChI is InChI=1S/C14H9ClIN3/c1-8-11(16)13(15)19-14(18-8)12-10-5-3-2-4-9(10)6-7-17-12/h2-7H,1H3. The van der Waals surface area contributed by atoms with E-state index < -0.39 is 0 Å². The zero-order valence-corrected chi connectivity index (χ0v) is 13.0. The van der Waals surface area contributed by atoms with E-state index in [4.69, 9.17) is 11.6 Å². The summed E-state index contributed by atoms with van der Waals surface area (Å²) in [5.41, 5.74) is 1.63. The van der Waals surface area contributed by atoms with Gasteiger partial charge in [0.1, 0.15) is 10.8 Å².